The number of aromatic nitrogens is 1. The number of hydrazone groups is 1. The summed E-state index contributed by atoms with van der Waals surface area (Å²) in [6.07, 6.45) is 0.290. The zero-order valence-electron chi connectivity index (χ0n) is 14.0. The second kappa shape index (κ2) is 7.60. The highest BCUT2D eigenvalue weighted by atomic mass is 16.5. The third-order valence-electron chi connectivity index (χ3n) is 3.50. The number of esters is 1. The van der Waals surface area contributed by atoms with E-state index in [9.17, 15) is 14.4 Å². The molecule has 2 aromatic rings. The van der Waals surface area contributed by atoms with E-state index in [1.165, 1.54) is 11.1 Å². The van der Waals surface area contributed by atoms with Gasteiger partial charge in [0.1, 0.15) is 11.5 Å². The lowest BCUT2D eigenvalue weighted by atomic mass is 10.1. The van der Waals surface area contributed by atoms with Crippen LogP contribution in [0.5, 0.6) is 0 Å². The molecule has 1 aromatic carbocycles. The molecule has 2 heterocycles. The molecule has 0 saturated heterocycles. The van der Waals surface area contributed by atoms with Gasteiger partial charge in [-0.1, -0.05) is 23.4 Å². The standard InChI is InChI=1S/C17H16N4O5/c1-11-9-14(20-26-11)18-15(22)10-25-17(24)13-7-8-16(23)21(19-13)12-5-3-2-4-6-12/h2-6,9H,7-8,10H2,1H3,(H,18,20,22). The number of nitrogens with one attached hydrogen (secondary N) is 1. The van der Waals surface area contributed by atoms with Crippen LogP contribution < -0.4 is 10.3 Å². The van der Waals surface area contributed by atoms with Gasteiger partial charge in [-0.3, -0.25) is 9.59 Å². The Balaban J connectivity index is 1.60. The summed E-state index contributed by atoms with van der Waals surface area (Å²) in [6, 6.07) is 10.3. The Kier molecular flexibility index (Phi) is 5.07. The van der Waals surface area contributed by atoms with Gasteiger partial charge >= 0.3 is 5.97 Å². The number of nitrogens with zero attached hydrogens (tertiary/aromatic N) is 3. The summed E-state index contributed by atoms with van der Waals surface area (Å²) in [6.45, 7) is 1.19. The van der Waals surface area contributed by atoms with Crippen molar-refractivity contribution in [3.05, 3.63) is 42.2 Å². The predicted octanol–water partition coefficient (Wildman–Crippen LogP) is 1.65. The number of amides is 2. The Bertz CT molecular complexity index is 859. The molecule has 9 nitrogen and oxygen atoms in total. The van der Waals surface area contributed by atoms with Crippen LogP contribution in [0.1, 0.15) is 18.6 Å². The Morgan fingerprint density at radius 2 is 2.04 bits per heavy atom. The monoisotopic (exact) mass is 356 g/mol. The van der Waals surface area contributed by atoms with Crippen LogP contribution in [-0.2, 0) is 19.1 Å². The van der Waals surface area contributed by atoms with E-state index in [1.807, 2.05) is 6.07 Å². The van der Waals surface area contributed by atoms with Gasteiger partial charge in [-0.15, -0.1) is 0 Å². The molecule has 0 saturated carbocycles. The van der Waals surface area contributed by atoms with E-state index in [4.69, 9.17) is 9.26 Å². The molecule has 0 spiro atoms. The molecule has 1 aliphatic rings. The van der Waals surface area contributed by atoms with Gasteiger partial charge in [0.15, 0.2) is 12.4 Å². The molecule has 3 rings (SSSR count). The molecule has 0 fully saturated rings. The maximum absolute atomic E-state index is 12.1. The lowest BCUT2D eigenvalue weighted by Crippen LogP contribution is -2.35. The van der Waals surface area contributed by atoms with Crippen LogP contribution in [0.2, 0.25) is 0 Å². The number of rotatable bonds is 5. The van der Waals surface area contributed by atoms with Crippen LogP contribution in [0.3, 0.4) is 0 Å². The number of hydrogen-bond acceptors (Lipinski definition) is 7. The van der Waals surface area contributed by atoms with Gasteiger partial charge in [0.25, 0.3) is 5.91 Å². The Labute approximate surface area is 148 Å². The van der Waals surface area contributed by atoms with Crippen molar-refractivity contribution in [1.82, 2.24) is 5.16 Å². The summed E-state index contributed by atoms with van der Waals surface area (Å²) in [7, 11) is 0. The smallest absolute Gasteiger partial charge is 0.355 e. The lowest BCUT2D eigenvalue weighted by molar-refractivity contribution is -0.140. The topological polar surface area (TPSA) is 114 Å². The first-order chi connectivity index (χ1) is 12.5. The normalized spacial score (nSPS) is 14.0. The summed E-state index contributed by atoms with van der Waals surface area (Å²) < 4.78 is 9.78. The van der Waals surface area contributed by atoms with Crippen molar-refractivity contribution < 1.29 is 23.6 Å². The van der Waals surface area contributed by atoms with Gasteiger partial charge in [-0.05, 0) is 19.1 Å². The fourth-order valence-electron chi connectivity index (χ4n) is 2.29. The van der Waals surface area contributed by atoms with Crippen molar-refractivity contribution in [3.8, 4) is 0 Å². The molecule has 0 atom stereocenters. The summed E-state index contributed by atoms with van der Waals surface area (Å²) in [5.74, 6) is -0.741. The lowest BCUT2D eigenvalue weighted by Gasteiger charge is -2.22. The number of carbonyl (C=O) groups is 3. The molecule has 2 amide bonds. The van der Waals surface area contributed by atoms with Crippen LogP contribution in [0.15, 0.2) is 46.0 Å². The minimum atomic E-state index is -0.745. The maximum atomic E-state index is 12.1. The van der Waals surface area contributed by atoms with E-state index < -0.39 is 18.5 Å². The van der Waals surface area contributed by atoms with Crippen LogP contribution in [0.4, 0.5) is 11.5 Å². The summed E-state index contributed by atoms with van der Waals surface area (Å²) >= 11 is 0. The first-order valence-corrected chi connectivity index (χ1v) is 7.88. The van der Waals surface area contributed by atoms with Crippen molar-refractivity contribution in [3.63, 3.8) is 0 Å². The molecule has 1 aliphatic heterocycles. The van der Waals surface area contributed by atoms with Crippen molar-refractivity contribution in [2.45, 2.75) is 19.8 Å². The highest BCUT2D eigenvalue weighted by Gasteiger charge is 2.26. The second-order valence-electron chi connectivity index (χ2n) is 5.53. The van der Waals surface area contributed by atoms with E-state index in [1.54, 1.807) is 31.2 Å². The zero-order valence-corrected chi connectivity index (χ0v) is 14.0. The van der Waals surface area contributed by atoms with Crippen molar-refractivity contribution in [2.75, 3.05) is 16.9 Å². The van der Waals surface area contributed by atoms with E-state index in [-0.39, 0.29) is 30.3 Å². The molecule has 1 N–H and O–H groups in total. The number of benzene rings is 1. The Morgan fingerprint density at radius 3 is 2.73 bits per heavy atom. The van der Waals surface area contributed by atoms with E-state index in [0.717, 1.165) is 0 Å². The third kappa shape index (κ3) is 4.12. The minimum absolute atomic E-state index is 0.0820. The molecule has 134 valence electrons. The number of carbonyl (C=O) groups excluding carboxylic acids is 3. The minimum Gasteiger partial charge on any atom is -0.451 e. The molecule has 9 heteroatoms. The van der Waals surface area contributed by atoms with Crippen molar-refractivity contribution >= 4 is 35.0 Å². The fourth-order valence-corrected chi connectivity index (χ4v) is 2.29. The van der Waals surface area contributed by atoms with Gasteiger partial charge < -0.3 is 14.6 Å². The van der Waals surface area contributed by atoms with E-state index >= 15 is 0 Å². The number of hydrogen-bond donors (Lipinski definition) is 1. The SMILES string of the molecule is Cc1cc(NC(=O)COC(=O)C2=NN(c3ccccc3)C(=O)CC2)no1. The Morgan fingerprint density at radius 1 is 1.27 bits per heavy atom. The zero-order chi connectivity index (χ0) is 18.5. The van der Waals surface area contributed by atoms with E-state index in [2.05, 4.69) is 15.6 Å². The molecule has 0 unspecified atom stereocenters. The van der Waals surface area contributed by atoms with Gasteiger partial charge in [0, 0.05) is 18.9 Å². The first-order valence-electron chi connectivity index (χ1n) is 7.88. The second-order valence-corrected chi connectivity index (χ2v) is 5.53. The highest BCUT2D eigenvalue weighted by Crippen LogP contribution is 2.20. The van der Waals surface area contributed by atoms with Crippen molar-refractivity contribution in [1.29, 1.82) is 0 Å². The average Bonchev–Trinajstić information content (AvgIpc) is 3.05. The molecule has 0 radical (unpaired) electrons. The molecular formula is C17H16N4O5. The molecule has 0 bridgehead atoms. The van der Waals surface area contributed by atoms with Crippen LogP contribution in [0, 0.1) is 6.92 Å². The number of ether oxygens (including phenoxy) is 1. The Hall–Kier alpha value is -3.49. The van der Waals surface area contributed by atoms with Crippen molar-refractivity contribution in [2.24, 2.45) is 5.10 Å². The summed E-state index contributed by atoms with van der Waals surface area (Å²) in [5.41, 5.74) is 0.639. The van der Waals surface area contributed by atoms with Crippen LogP contribution >= 0.6 is 0 Å². The first kappa shape index (κ1) is 17.3. The number of aryl methyl sites for hydroxylation is 1. The molecular weight excluding hydrogens is 340 g/mol. The largest absolute Gasteiger partial charge is 0.451 e. The predicted molar refractivity (Wildman–Crippen MR) is 91.4 cm³/mol. The average molecular weight is 356 g/mol. The molecule has 1 aromatic heterocycles. The molecule has 26 heavy (non-hydrogen) atoms. The van der Waals surface area contributed by atoms with Crippen LogP contribution in [0.25, 0.3) is 0 Å². The quantitative estimate of drug-likeness (QED) is 0.815. The number of para-hydroxylation sites is 1. The third-order valence-corrected chi connectivity index (χ3v) is 3.50. The van der Waals surface area contributed by atoms with E-state index in [0.29, 0.717) is 11.4 Å². The number of anilines is 2. The van der Waals surface area contributed by atoms with Gasteiger partial charge in [-0.25, -0.2) is 9.80 Å². The summed E-state index contributed by atoms with van der Waals surface area (Å²) in [5, 5.41) is 11.3. The maximum Gasteiger partial charge on any atom is 0.355 e. The van der Waals surface area contributed by atoms with Crippen LogP contribution in [-0.4, -0.2) is 35.3 Å². The van der Waals surface area contributed by atoms with Gasteiger partial charge in [-0.2, -0.15) is 5.10 Å². The highest BCUT2D eigenvalue weighted by molar-refractivity contribution is 6.38. The van der Waals surface area contributed by atoms with Gasteiger partial charge in [0.05, 0.1) is 5.69 Å². The fraction of sp³-hybridized carbons (Fsp3) is 0.235. The summed E-state index contributed by atoms with van der Waals surface area (Å²) in [4.78, 5) is 35.9. The molecule has 0 aliphatic carbocycles. The van der Waals surface area contributed by atoms with Gasteiger partial charge in [0.2, 0.25) is 5.91 Å².